The zero-order valence-corrected chi connectivity index (χ0v) is 11.1. The molecule has 1 aromatic carbocycles. The number of aromatic nitrogens is 2. The van der Waals surface area contributed by atoms with Gasteiger partial charge in [0.25, 0.3) is 0 Å². The van der Waals surface area contributed by atoms with Crippen molar-refractivity contribution in [3.63, 3.8) is 0 Å². The molecule has 108 valence electrons. The van der Waals surface area contributed by atoms with Crippen LogP contribution in [0.1, 0.15) is 24.5 Å². The van der Waals surface area contributed by atoms with Gasteiger partial charge >= 0.3 is 6.18 Å². The second-order valence-electron chi connectivity index (χ2n) is 4.48. The molecule has 0 fully saturated rings. The molecule has 1 aromatic heterocycles. The van der Waals surface area contributed by atoms with Crippen molar-refractivity contribution in [1.82, 2.24) is 15.1 Å². The zero-order chi connectivity index (χ0) is 14.6. The van der Waals surface area contributed by atoms with Gasteiger partial charge in [-0.15, -0.1) is 0 Å². The average molecular weight is 283 g/mol. The molecule has 2 rings (SSSR count). The highest BCUT2D eigenvalue weighted by Crippen LogP contribution is 2.29. The van der Waals surface area contributed by atoms with E-state index < -0.39 is 11.7 Å². The predicted octanol–water partition coefficient (Wildman–Crippen LogP) is 3.39. The number of rotatable bonds is 5. The lowest BCUT2D eigenvalue weighted by atomic mass is 10.1. The van der Waals surface area contributed by atoms with Crippen LogP contribution in [0, 0.1) is 0 Å². The molecule has 0 atom stereocenters. The van der Waals surface area contributed by atoms with Crippen LogP contribution < -0.4 is 5.32 Å². The Balaban J connectivity index is 2.26. The summed E-state index contributed by atoms with van der Waals surface area (Å²) in [7, 11) is 0. The van der Waals surface area contributed by atoms with E-state index in [1.54, 1.807) is 12.1 Å². The lowest BCUT2D eigenvalue weighted by Crippen LogP contribution is -2.15. The monoisotopic (exact) mass is 283 g/mol. The topological polar surface area (TPSA) is 29.9 Å². The first-order chi connectivity index (χ1) is 9.52. The summed E-state index contributed by atoms with van der Waals surface area (Å²) in [5.41, 5.74) is 0.832. The largest absolute Gasteiger partial charge is 0.419 e. The molecule has 0 bridgehead atoms. The number of benzene rings is 1. The Morgan fingerprint density at radius 1 is 1.25 bits per heavy atom. The zero-order valence-electron chi connectivity index (χ0n) is 11.1. The van der Waals surface area contributed by atoms with Gasteiger partial charge in [0.1, 0.15) is 0 Å². The molecule has 0 saturated heterocycles. The molecule has 0 aliphatic carbocycles. The van der Waals surface area contributed by atoms with Crippen molar-refractivity contribution in [2.45, 2.75) is 26.1 Å². The van der Waals surface area contributed by atoms with Gasteiger partial charge in [0.15, 0.2) is 0 Å². The summed E-state index contributed by atoms with van der Waals surface area (Å²) in [6.07, 6.45) is -1.51. The van der Waals surface area contributed by atoms with Gasteiger partial charge in [-0.1, -0.05) is 25.1 Å². The van der Waals surface area contributed by atoms with E-state index in [-0.39, 0.29) is 0 Å². The third-order valence-electron chi connectivity index (χ3n) is 2.89. The third kappa shape index (κ3) is 3.39. The maximum atomic E-state index is 12.6. The van der Waals surface area contributed by atoms with Crippen LogP contribution >= 0.6 is 0 Å². The first kappa shape index (κ1) is 14.6. The first-order valence-electron chi connectivity index (χ1n) is 6.43. The van der Waals surface area contributed by atoms with E-state index in [0.29, 0.717) is 12.2 Å². The smallest absolute Gasteiger partial charge is 0.313 e. The highest BCUT2D eigenvalue weighted by atomic mass is 19.4. The first-order valence-corrected chi connectivity index (χ1v) is 6.43. The van der Waals surface area contributed by atoms with Gasteiger partial charge in [-0.2, -0.15) is 18.3 Å². The molecule has 0 unspecified atom stereocenters. The fraction of sp³-hybridized carbons (Fsp3) is 0.357. The molecular weight excluding hydrogens is 267 g/mol. The summed E-state index contributed by atoms with van der Waals surface area (Å²) < 4.78 is 39.1. The van der Waals surface area contributed by atoms with Gasteiger partial charge in [0.2, 0.25) is 0 Å². The van der Waals surface area contributed by atoms with Crippen LogP contribution in [-0.2, 0) is 12.7 Å². The van der Waals surface area contributed by atoms with E-state index in [2.05, 4.69) is 17.3 Å². The Kier molecular flexibility index (Phi) is 4.44. The van der Waals surface area contributed by atoms with Crippen molar-refractivity contribution >= 4 is 0 Å². The molecule has 0 radical (unpaired) electrons. The Morgan fingerprint density at radius 3 is 2.65 bits per heavy atom. The van der Waals surface area contributed by atoms with Crippen LogP contribution in [0.3, 0.4) is 0 Å². The second-order valence-corrected chi connectivity index (χ2v) is 4.48. The van der Waals surface area contributed by atoms with E-state index in [0.717, 1.165) is 30.9 Å². The summed E-state index contributed by atoms with van der Waals surface area (Å²) in [6, 6.07) is 7.29. The average Bonchev–Trinajstić information content (AvgIpc) is 2.89. The number of nitrogens with zero attached hydrogens (tertiary/aromatic N) is 2. The molecule has 1 heterocycles. The van der Waals surface area contributed by atoms with Crippen molar-refractivity contribution in [3.8, 4) is 5.69 Å². The fourth-order valence-electron chi connectivity index (χ4n) is 1.88. The molecule has 20 heavy (non-hydrogen) atoms. The van der Waals surface area contributed by atoms with Crippen molar-refractivity contribution in [1.29, 1.82) is 0 Å². The molecule has 0 spiro atoms. The van der Waals surface area contributed by atoms with Crippen LogP contribution in [0.2, 0.25) is 0 Å². The molecule has 0 saturated carbocycles. The maximum Gasteiger partial charge on any atom is 0.419 e. The fourth-order valence-corrected chi connectivity index (χ4v) is 1.88. The maximum absolute atomic E-state index is 12.6. The van der Waals surface area contributed by atoms with E-state index in [1.165, 1.54) is 4.68 Å². The van der Waals surface area contributed by atoms with Gasteiger partial charge < -0.3 is 5.32 Å². The van der Waals surface area contributed by atoms with E-state index in [1.807, 2.05) is 12.1 Å². The number of halogens is 3. The van der Waals surface area contributed by atoms with Crippen LogP contribution in [0.15, 0.2) is 36.7 Å². The Morgan fingerprint density at radius 2 is 2.00 bits per heavy atom. The minimum absolute atomic E-state index is 0.602. The van der Waals surface area contributed by atoms with Crippen LogP contribution in [0.25, 0.3) is 5.69 Å². The van der Waals surface area contributed by atoms with Gasteiger partial charge in [-0.05, 0) is 24.6 Å². The highest BCUT2D eigenvalue weighted by molar-refractivity contribution is 5.40. The number of hydrogen-bond donors (Lipinski definition) is 1. The summed E-state index contributed by atoms with van der Waals surface area (Å²) >= 11 is 0. The molecule has 2 aromatic rings. The second kappa shape index (κ2) is 6.09. The van der Waals surface area contributed by atoms with Gasteiger partial charge in [-0.3, -0.25) is 0 Å². The molecule has 0 amide bonds. The molecule has 1 N–H and O–H groups in total. The number of nitrogens with one attached hydrogen (secondary N) is 1. The predicted molar refractivity (Wildman–Crippen MR) is 70.6 cm³/mol. The molecule has 3 nitrogen and oxygen atoms in total. The van der Waals surface area contributed by atoms with E-state index >= 15 is 0 Å². The van der Waals surface area contributed by atoms with E-state index in [4.69, 9.17) is 0 Å². The van der Waals surface area contributed by atoms with E-state index in [9.17, 15) is 13.2 Å². The number of para-hydroxylation sites is 1. The van der Waals surface area contributed by atoms with Crippen molar-refractivity contribution in [2.24, 2.45) is 0 Å². The minimum atomic E-state index is -4.37. The lowest BCUT2D eigenvalue weighted by Gasteiger charge is -2.10. The van der Waals surface area contributed by atoms with Crippen molar-refractivity contribution in [2.75, 3.05) is 6.54 Å². The lowest BCUT2D eigenvalue weighted by molar-refractivity contribution is -0.137. The summed E-state index contributed by atoms with van der Waals surface area (Å²) in [5.74, 6) is 0. The SMILES string of the molecule is CCCNCc1ccccc1-n1cc(C(F)(F)F)cn1. The molecular formula is C14H16F3N3. The van der Waals surface area contributed by atoms with Crippen molar-refractivity contribution in [3.05, 3.63) is 47.8 Å². The summed E-state index contributed by atoms with van der Waals surface area (Å²) in [4.78, 5) is 0. The number of alkyl halides is 3. The molecule has 0 aliphatic heterocycles. The molecule has 6 heteroatoms. The Hall–Kier alpha value is -1.82. The van der Waals surface area contributed by atoms with Crippen LogP contribution in [-0.4, -0.2) is 16.3 Å². The summed E-state index contributed by atoms with van der Waals surface area (Å²) in [5, 5.41) is 7.05. The number of hydrogen-bond acceptors (Lipinski definition) is 2. The minimum Gasteiger partial charge on any atom is -0.313 e. The molecule has 0 aliphatic rings. The Labute approximate surface area is 115 Å². The van der Waals surface area contributed by atoms with Gasteiger partial charge in [0.05, 0.1) is 17.4 Å². The van der Waals surface area contributed by atoms with Crippen LogP contribution in [0.5, 0.6) is 0 Å². The van der Waals surface area contributed by atoms with Gasteiger partial charge in [-0.25, -0.2) is 4.68 Å². The highest BCUT2D eigenvalue weighted by Gasteiger charge is 2.32. The quantitative estimate of drug-likeness (QED) is 0.852. The third-order valence-corrected chi connectivity index (χ3v) is 2.89. The summed E-state index contributed by atoms with van der Waals surface area (Å²) in [6.45, 7) is 3.52. The normalized spacial score (nSPS) is 11.8. The van der Waals surface area contributed by atoms with Gasteiger partial charge in [0, 0.05) is 12.7 Å². The van der Waals surface area contributed by atoms with Crippen molar-refractivity contribution < 1.29 is 13.2 Å². The standard InChI is InChI=1S/C14H16F3N3/c1-2-7-18-8-11-5-3-4-6-13(11)20-10-12(9-19-20)14(15,16)17/h3-6,9-10,18H,2,7-8H2,1H3. The van der Waals surface area contributed by atoms with Crippen LogP contribution in [0.4, 0.5) is 13.2 Å². The Bertz CT molecular complexity index is 561.